The molecule has 0 radical (unpaired) electrons. The molecule has 1 rings (SSSR count). The van der Waals surface area contributed by atoms with Crippen molar-refractivity contribution in [3.8, 4) is 0 Å². The predicted molar refractivity (Wildman–Crippen MR) is 79.0 cm³/mol. The molecule has 1 saturated carbocycles. The molecular formula is C16H33NO. The van der Waals surface area contributed by atoms with E-state index in [-0.39, 0.29) is 5.60 Å². The summed E-state index contributed by atoms with van der Waals surface area (Å²) in [5, 5.41) is 3.76. The third-order valence-corrected chi connectivity index (χ3v) is 4.41. The third-order valence-electron chi connectivity index (χ3n) is 4.41. The number of rotatable bonds is 8. The largest absolute Gasteiger partial charge is 0.374 e. The maximum absolute atomic E-state index is 6.27. The van der Waals surface area contributed by atoms with Gasteiger partial charge in [-0.05, 0) is 57.9 Å². The first-order valence-electron chi connectivity index (χ1n) is 8.05. The van der Waals surface area contributed by atoms with Gasteiger partial charge in [0.05, 0.1) is 5.60 Å². The lowest BCUT2D eigenvalue weighted by molar-refractivity contribution is -0.0977. The standard InChI is InChI=1S/C16H33NO/c1-5-8-15(17-13-6-2)16(18-7-3)11-9-14(4)10-12-16/h14-15,17H,5-13H2,1-4H3. The van der Waals surface area contributed by atoms with Gasteiger partial charge in [-0.2, -0.15) is 0 Å². The summed E-state index contributed by atoms with van der Waals surface area (Å²) in [4.78, 5) is 0. The second-order valence-electron chi connectivity index (χ2n) is 5.98. The zero-order chi connectivity index (χ0) is 13.4. The summed E-state index contributed by atoms with van der Waals surface area (Å²) in [6.45, 7) is 11.0. The average molecular weight is 255 g/mol. The molecule has 0 aromatic heterocycles. The number of hydrogen-bond acceptors (Lipinski definition) is 2. The Balaban J connectivity index is 2.71. The van der Waals surface area contributed by atoms with Crippen molar-refractivity contribution in [1.82, 2.24) is 5.32 Å². The maximum atomic E-state index is 6.27. The normalized spacial score (nSPS) is 30.3. The van der Waals surface area contributed by atoms with Crippen molar-refractivity contribution in [2.45, 2.75) is 84.3 Å². The van der Waals surface area contributed by atoms with E-state index in [1.54, 1.807) is 0 Å². The summed E-state index contributed by atoms with van der Waals surface area (Å²) in [6.07, 6.45) is 8.83. The van der Waals surface area contributed by atoms with Gasteiger partial charge in [0.1, 0.15) is 0 Å². The van der Waals surface area contributed by atoms with E-state index >= 15 is 0 Å². The fourth-order valence-electron chi connectivity index (χ4n) is 3.29. The van der Waals surface area contributed by atoms with Crippen molar-refractivity contribution in [3.63, 3.8) is 0 Å². The smallest absolute Gasteiger partial charge is 0.0834 e. The zero-order valence-corrected chi connectivity index (χ0v) is 12.9. The van der Waals surface area contributed by atoms with Crippen molar-refractivity contribution in [1.29, 1.82) is 0 Å². The Kier molecular flexibility index (Phi) is 7.25. The Morgan fingerprint density at radius 1 is 1.17 bits per heavy atom. The first-order valence-corrected chi connectivity index (χ1v) is 8.05. The van der Waals surface area contributed by atoms with Gasteiger partial charge in [-0.3, -0.25) is 0 Å². The summed E-state index contributed by atoms with van der Waals surface area (Å²) in [7, 11) is 0. The van der Waals surface area contributed by atoms with Gasteiger partial charge in [-0.1, -0.05) is 27.2 Å². The molecular weight excluding hydrogens is 222 g/mol. The van der Waals surface area contributed by atoms with Gasteiger partial charge in [0.25, 0.3) is 0 Å². The minimum Gasteiger partial charge on any atom is -0.374 e. The van der Waals surface area contributed by atoms with Gasteiger partial charge >= 0.3 is 0 Å². The molecule has 0 aromatic carbocycles. The predicted octanol–water partition coefficient (Wildman–Crippen LogP) is 4.14. The lowest BCUT2D eigenvalue weighted by Gasteiger charge is -2.45. The topological polar surface area (TPSA) is 21.3 Å². The lowest BCUT2D eigenvalue weighted by atomic mass is 9.74. The Labute approximate surface area is 114 Å². The fourth-order valence-corrected chi connectivity index (χ4v) is 3.29. The first kappa shape index (κ1) is 16.0. The molecule has 1 atom stereocenters. The van der Waals surface area contributed by atoms with Gasteiger partial charge in [0.2, 0.25) is 0 Å². The molecule has 1 aliphatic carbocycles. The molecule has 18 heavy (non-hydrogen) atoms. The van der Waals surface area contributed by atoms with Crippen LogP contribution < -0.4 is 5.32 Å². The van der Waals surface area contributed by atoms with Crippen molar-refractivity contribution in [2.24, 2.45) is 5.92 Å². The molecule has 0 heterocycles. The Bertz CT molecular complexity index is 209. The van der Waals surface area contributed by atoms with Crippen LogP contribution in [0.4, 0.5) is 0 Å². The molecule has 0 aliphatic heterocycles. The summed E-state index contributed by atoms with van der Waals surface area (Å²) in [6, 6.07) is 0.551. The molecule has 0 saturated heterocycles. The lowest BCUT2D eigenvalue weighted by Crippen LogP contribution is -2.54. The van der Waals surface area contributed by atoms with E-state index in [0.29, 0.717) is 6.04 Å². The minimum atomic E-state index is 0.118. The molecule has 1 fully saturated rings. The maximum Gasteiger partial charge on any atom is 0.0834 e. The molecule has 0 spiro atoms. The molecule has 1 aliphatic rings. The van der Waals surface area contributed by atoms with Crippen molar-refractivity contribution in [2.75, 3.05) is 13.2 Å². The second kappa shape index (κ2) is 8.16. The van der Waals surface area contributed by atoms with Crippen LogP contribution in [0.25, 0.3) is 0 Å². The highest BCUT2D eigenvalue weighted by Crippen LogP contribution is 2.38. The number of nitrogens with one attached hydrogen (secondary N) is 1. The van der Waals surface area contributed by atoms with E-state index in [2.05, 4.69) is 33.0 Å². The van der Waals surface area contributed by atoms with Crippen LogP contribution in [0.2, 0.25) is 0 Å². The highest BCUT2D eigenvalue weighted by molar-refractivity contribution is 4.96. The van der Waals surface area contributed by atoms with Crippen LogP contribution in [-0.2, 0) is 4.74 Å². The summed E-state index contributed by atoms with van der Waals surface area (Å²) < 4.78 is 6.27. The Morgan fingerprint density at radius 2 is 1.83 bits per heavy atom. The summed E-state index contributed by atoms with van der Waals surface area (Å²) >= 11 is 0. The Hall–Kier alpha value is -0.0800. The molecule has 0 bridgehead atoms. The number of ether oxygens (including phenoxy) is 1. The highest BCUT2D eigenvalue weighted by atomic mass is 16.5. The van der Waals surface area contributed by atoms with Gasteiger partial charge in [0, 0.05) is 12.6 Å². The van der Waals surface area contributed by atoms with Crippen molar-refractivity contribution in [3.05, 3.63) is 0 Å². The SMILES string of the molecule is CCCNC(CCC)C1(OCC)CCC(C)CC1. The van der Waals surface area contributed by atoms with E-state index < -0.39 is 0 Å². The highest BCUT2D eigenvalue weighted by Gasteiger charge is 2.41. The quantitative estimate of drug-likeness (QED) is 0.704. The van der Waals surface area contributed by atoms with Gasteiger partial charge in [0.15, 0.2) is 0 Å². The average Bonchev–Trinajstić information content (AvgIpc) is 2.38. The van der Waals surface area contributed by atoms with E-state index in [0.717, 1.165) is 19.1 Å². The van der Waals surface area contributed by atoms with Crippen LogP contribution in [0.15, 0.2) is 0 Å². The molecule has 0 aromatic rings. The molecule has 2 heteroatoms. The monoisotopic (exact) mass is 255 g/mol. The Morgan fingerprint density at radius 3 is 2.33 bits per heavy atom. The van der Waals surface area contributed by atoms with E-state index in [4.69, 9.17) is 4.74 Å². The zero-order valence-electron chi connectivity index (χ0n) is 12.9. The number of hydrogen-bond donors (Lipinski definition) is 1. The third kappa shape index (κ3) is 4.24. The van der Waals surface area contributed by atoms with Crippen LogP contribution in [0, 0.1) is 5.92 Å². The molecule has 0 amide bonds. The van der Waals surface area contributed by atoms with Crippen molar-refractivity contribution < 1.29 is 4.74 Å². The van der Waals surface area contributed by atoms with E-state index in [1.807, 2.05) is 0 Å². The van der Waals surface area contributed by atoms with Gasteiger partial charge in [-0.15, -0.1) is 0 Å². The molecule has 2 nitrogen and oxygen atoms in total. The molecule has 108 valence electrons. The fraction of sp³-hybridized carbons (Fsp3) is 1.00. The van der Waals surface area contributed by atoms with Crippen LogP contribution in [0.1, 0.15) is 72.6 Å². The van der Waals surface area contributed by atoms with Crippen LogP contribution in [-0.4, -0.2) is 24.8 Å². The van der Waals surface area contributed by atoms with E-state index in [9.17, 15) is 0 Å². The van der Waals surface area contributed by atoms with Gasteiger partial charge in [-0.25, -0.2) is 0 Å². The molecule has 1 unspecified atom stereocenters. The van der Waals surface area contributed by atoms with E-state index in [1.165, 1.54) is 44.9 Å². The molecule has 1 N–H and O–H groups in total. The van der Waals surface area contributed by atoms with Crippen LogP contribution in [0.3, 0.4) is 0 Å². The second-order valence-corrected chi connectivity index (χ2v) is 5.98. The first-order chi connectivity index (χ1) is 8.68. The van der Waals surface area contributed by atoms with Crippen molar-refractivity contribution >= 4 is 0 Å². The summed E-state index contributed by atoms with van der Waals surface area (Å²) in [5.74, 6) is 0.882. The van der Waals surface area contributed by atoms with Gasteiger partial charge < -0.3 is 10.1 Å². The minimum absolute atomic E-state index is 0.118. The van der Waals surface area contributed by atoms with Crippen LogP contribution >= 0.6 is 0 Å². The van der Waals surface area contributed by atoms with Crippen LogP contribution in [0.5, 0.6) is 0 Å². The summed E-state index contributed by atoms with van der Waals surface area (Å²) in [5.41, 5.74) is 0.118.